The molecule has 35 heavy (non-hydrogen) atoms. The van der Waals surface area contributed by atoms with Gasteiger partial charge in [-0.15, -0.1) is 0 Å². The number of amides is 1. The number of fused-ring (bicyclic) bond motifs is 1. The predicted octanol–water partition coefficient (Wildman–Crippen LogP) is 5.49. The van der Waals surface area contributed by atoms with Gasteiger partial charge in [0.1, 0.15) is 17.3 Å². The van der Waals surface area contributed by atoms with Crippen LogP contribution in [0.4, 0.5) is 0 Å². The standard InChI is InChI=1S/C29H33N3O3/c1-21-9-8-12-27(22(21)2)35-20-7-6-19-32-26-11-5-4-10-25(26)31-28(32)17-18-30-29(33)23-13-15-24(34-3)16-14-23/h4-5,8-16H,6-7,17-20H2,1-3H3,(H,30,33). The molecule has 0 aliphatic rings. The van der Waals surface area contributed by atoms with E-state index >= 15 is 0 Å². The maximum absolute atomic E-state index is 12.5. The largest absolute Gasteiger partial charge is 0.497 e. The summed E-state index contributed by atoms with van der Waals surface area (Å²) >= 11 is 0. The third-order valence-corrected chi connectivity index (χ3v) is 6.31. The van der Waals surface area contributed by atoms with Crippen molar-refractivity contribution < 1.29 is 14.3 Å². The van der Waals surface area contributed by atoms with Crippen molar-refractivity contribution in [1.82, 2.24) is 14.9 Å². The van der Waals surface area contributed by atoms with Crippen LogP contribution < -0.4 is 14.8 Å². The second kappa shape index (κ2) is 11.6. The summed E-state index contributed by atoms with van der Waals surface area (Å²) in [4.78, 5) is 17.3. The topological polar surface area (TPSA) is 65.4 Å². The lowest BCUT2D eigenvalue weighted by Crippen LogP contribution is -2.26. The third kappa shape index (κ3) is 6.01. The Kier molecular flexibility index (Phi) is 8.03. The van der Waals surface area contributed by atoms with Crippen LogP contribution in [0.1, 0.15) is 40.2 Å². The van der Waals surface area contributed by atoms with Crippen LogP contribution in [0.3, 0.4) is 0 Å². The first-order valence-electron chi connectivity index (χ1n) is 12.1. The number of para-hydroxylation sites is 2. The summed E-state index contributed by atoms with van der Waals surface area (Å²) in [5.41, 5.74) is 5.17. The summed E-state index contributed by atoms with van der Waals surface area (Å²) in [7, 11) is 1.61. The van der Waals surface area contributed by atoms with E-state index in [1.165, 1.54) is 11.1 Å². The van der Waals surface area contributed by atoms with Crippen LogP contribution in [0.5, 0.6) is 11.5 Å². The molecule has 6 nitrogen and oxygen atoms in total. The molecule has 1 amide bonds. The Labute approximate surface area is 206 Å². The summed E-state index contributed by atoms with van der Waals surface area (Å²) in [6.07, 6.45) is 2.60. The van der Waals surface area contributed by atoms with Gasteiger partial charge in [0, 0.05) is 25.1 Å². The fourth-order valence-corrected chi connectivity index (χ4v) is 4.13. The highest BCUT2D eigenvalue weighted by atomic mass is 16.5. The van der Waals surface area contributed by atoms with Gasteiger partial charge in [-0.05, 0) is 80.3 Å². The van der Waals surface area contributed by atoms with E-state index in [2.05, 4.69) is 35.9 Å². The van der Waals surface area contributed by atoms with Gasteiger partial charge < -0.3 is 19.4 Å². The zero-order valence-corrected chi connectivity index (χ0v) is 20.7. The number of nitrogens with zero attached hydrogens (tertiary/aromatic N) is 2. The van der Waals surface area contributed by atoms with Crippen LogP contribution in [-0.4, -0.2) is 35.7 Å². The average Bonchev–Trinajstić information content (AvgIpc) is 3.23. The highest BCUT2D eigenvalue weighted by Crippen LogP contribution is 2.21. The summed E-state index contributed by atoms with van der Waals surface area (Å²) in [5.74, 6) is 2.58. The van der Waals surface area contributed by atoms with E-state index in [9.17, 15) is 4.79 Å². The van der Waals surface area contributed by atoms with Gasteiger partial charge in [-0.1, -0.05) is 24.3 Å². The molecule has 0 saturated heterocycles. The number of carbonyl (C=O) groups excluding carboxylic acids is 1. The Hall–Kier alpha value is -3.80. The average molecular weight is 472 g/mol. The van der Waals surface area contributed by atoms with E-state index in [0.717, 1.165) is 47.7 Å². The number of methoxy groups -OCH3 is 1. The SMILES string of the molecule is COc1ccc(C(=O)NCCc2nc3ccccc3n2CCCCOc2cccc(C)c2C)cc1. The van der Waals surface area contributed by atoms with Gasteiger partial charge in [-0.25, -0.2) is 4.98 Å². The molecular formula is C29H33N3O3. The normalized spacial score (nSPS) is 10.9. The molecule has 1 aromatic heterocycles. The lowest BCUT2D eigenvalue weighted by molar-refractivity contribution is 0.0954. The molecule has 0 saturated carbocycles. The number of hydrogen-bond acceptors (Lipinski definition) is 4. The number of carbonyl (C=O) groups is 1. The molecule has 0 bridgehead atoms. The van der Waals surface area contributed by atoms with E-state index in [4.69, 9.17) is 14.5 Å². The second-order valence-corrected chi connectivity index (χ2v) is 8.66. The lowest BCUT2D eigenvalue weighted by atomic mass is 10.1. The number of unbranched alkanes of at least 4 members (excludes halogenated alkanes) is 1. The molecule has 0 aliphatic carbocycles. The molecule has 4 rings (SSSR count). The number of ether oxygens (including phenoxy) is 2. The highest BCUT2D eigenvalue weighted by molar-refractivity contribution is 5.94. The molecular weight excluding hydrogens is 438 g/mol. The first kappa shape index (κ1) is 24.3. The summed E-state index contributed by atoms with van der Waals surface area (Å²) in [6.45, 7) is 6.27. The third-order valence-electron chi connectivity index (χ3n) is 6.31. The summed E-state index contributed by atoms with van der Waals surface area (Å²) in [6, 6.07) is 21.5. The molecule has 0 fully saturated rings. The van der Waals surface area contributed by atoms with E-state index in [-0.39, 0.29) is 5.91 Å². The minimum Gasteiger partial charge on any atom is -0.497 e. The zero-order valence-electron chi connectivity index (χ0n) is 20.7. The van der Waals surface area contributed by atoms with Gasteiger partial charge in [0.15, 0.2) is 0 Å². The molecule has 1 N–H and O–H groups in total. The smallest absolute Gasteiger partial charge is 0.251 e. The molecule has 0 atom stereocenters. The molecule has 0 unspecified atom stereocenters. The van der Waals surface area contributed by atoms with Gasteiger partial charge in [0.05, 0.1) is 24.8 Å². The van der Waals surface area contributed by atoms with Crippen molar-refractivity contribution in [2.45, 2.75) is 39.7 Å². The molecule has 0 aliphatic heterocycles. The molecule has 182 valence electrons. The number of rotatable bonds is 11. The number of nitrogens with one attached hydrogen (secondary N) is 1. The van der Waals surface area contributed by atoms with Gasteiger partial charge >= 0.3 is 0 Å². The number of hydrogen-bond donors (Lipinski definition) is 1. The fourth-order valence-electron chi connectivity index (χ4n) is 4.13. The Balaban J connectivity index is 1.33. The Morgan fingerprint density at radius 1 is 0.971 bits per heavy atom. The first-order valence-corrected chi connectivity index (χ1v) is 12.1. The summed E-state index contributed by atoms with van der Waals surface area (Å²) in [5, 5.41) is 3.01. The Morgan fingerprint density at radius 2 is 1.77 bits per heavy atom. The molecule has 6 heteroatoms. The van der Waals surface area contributed by atoms with Crippen LogP contribution in [0.15, 0.2) is 66.7 Å². The first-order chi connectivity index (χ1) is 17.1. The van der Waals surface area contributed by atoms with E-state index in [1.807, 2.05) is 30.3 Å². The highest BCUT2D eigenvalue weighted by Gasteiger charge is 2.12. The summed E-state index contributed by atoms with van der Waals surface area (Å²) < 4.78 is 13.5. The minimum atomic E-state index is -0.0982. The molecule has 1 heterocycles. The van der Waals surface area contributed by atoms with Crippen molar-refractivity contribution >= 4 is 16.9 Å². The minimum absolute atomic E-state index is 0.0982. The maximum Gasteiger partial charge on any atom is 0.251 e. The Morgan fingerprint density at radius 3 is 2.57 bits per heavy atom. The van der Waals surface area contributed by atoms with Gasteiger partial charge in [-0.3, -0.25) is 4.79 Å². The van der Waals surface area contributed by atoms with Crippen LogP contribution in [-0.2, 0) is 13.0 Å². The predicted molar refractivity (Wildman–Crippen MR) is 139 cm³/mol. The quantitative estimate of drug-likeness (QED) is 0.294. The van der Waals surface area contributed by atoms with E-state index in [0.29, 0.717) is 25.1 Å². The monoisotopic (exact) mass is 471 g/mol. The van der Waals surface area contributed by atoms with E-state index in [1.54, 1.807) is 31.4 Å². The maximum atomic E-state index is 12.5. The van der Waals surface area contributed by atoms with Crippen molar-refractivity contribution in [3.63, 3.8) is 0 Å². The number of aromatic nitrogens is 2. The van der Waals surface area contributed by atoms with Crippen molar-refractivity contribution in [2.75, 3.05) is 20.3 Å². The number of aryl methyl sites for hydroxylation is 2. The molecule has 0 spiro atoms. The number of benzene rings is 3. The van der Waals surface area contributed by atoms with Crippen molar-refractivity contribution in [1.29, 1.82) is 0 Å². The van der Waals surface area contributed by atoms with Crippen LogP contribution in [0.25, 0.3) is 11.0 Å². The van der Waals surface area contributed by atoms with Gasteiger partial charge in [0.25, 0.3) is 5.91 Å². The van der Waals surface area contributed by atoms with Crippen LogP contribution >= 0.6 is 0 Å². The number of imidazole rings is 1. The molecule has 3 aromatic carbocycles. The van der Waals surface area contributed by atoms with Crippen molar-refractivity contribution in [3.05, 3.63) is 89.2 Å². The Bertz CT molecular complexity index is 1280. The molecule has 0 radical (unpaired) electrons. The fraction of sp³-hybridized carbons (Fsp3) is 0.310. The van der Waals surface area contributed by atoms with Crippen molar-refractivity contribution in [2.24, 2.45) is 0 Å². The van der Waals surface area contributed by atoms with Gasteiger partial charge in [0.2, 0.25) is 0 Å². The van der Waals surface area contributed by atoms with Crippen LogP contribution in [0, 0.1) is 13.8 Å². The molecule has 4 aromatic rings. The lowest BCUT2D eigenvalue weighted by Gasteiger charge is -2.12. The van der Waals surface area contributed by atoms with Crippen molar-refractivity contribution in [3.8, 4) is 11.5 Å². The van der Waals surface area contributed by atoms with Crippen LogP contribution in [0.2, 0.25) is 0 Å². The van der Waals surface area contributed by atoms with E-state index < -0.39 is 0 Å². The second-order valence-electron chi connectivity index (χ2n) is 8.66. The zero-order chi connectivity index (χ0) is 24.6. The van der Waals surface area contributed by atoms with Gasteiger partial charge in [-0.2, -0.15) is 0 Å².